The molecule has 2 rings (SSSR count). The Hall–Kier alpha value is -1.07. The van der Waals surface area contributed by atoms with Gasteiger partial charge < -0.3 is 10.5 Å². The Balaban J connectivity index is 1.95. The second-order valence-corrected chi connectivity index (χ2v) is 7.06. The van der Waals surface area contributed by atoms with E-state index in [4.69, 9.17) is 10.5 Å². The molecule has 2 N–H and O–H groups in total. The van der Waals surface area contributed by atoms with Gasteiger partial charge in [0.15, 0.2) is 0 Å². The highest BCUT2D eigenvalue weighted by molar-refractivity contribution is 7.90. The first-order chi connectivity index (χ1) is 8.47. The lowest BCUT2D eigenvalue weighted by Gasteiger charge is -2.11. The predicted molar refractivity (Wildman–Crippen MR) is 71.5 cm³/mol. The average Bonchev–Trinajstić information content (AvgIpc) is 2.67. The molecule has 5 heteroatoms. The number of hydrogen-bond acceptors (Lipinski definition) is 4. The molecule has 100 valence electrons. The van der Waals surface area contributed by atoms with Gasteiger partial charge in [-0.1, -0.05) is 12.1 Å². The van der Waals surface area contributed by atoms with Gasteiger partial charge in [-0.15, -0.1) is 0 Å². The van der Waals surface area contributed by atoms with Gasteiger partial charge in [0.05, 0.1) is 12.4 Å². The zero-order chi connectivity index (χ0) is 13.2. The Morgan fingerprint density at radius 2 is 2.22 bits per heavy atom. The Labute approximate surface area is 108 Å². The molecule has 1 unspecified atom stereocenters. The second-order valence-electron chi connectivity index (χ2n) is 4.80. The van der Waals surface area contributed by atoms with E-state index in [1.165, 1.54) is 11.8 Å². The predicted octanol–water partition coefficient (Wildman–Crippen LogP) is 1.45. The van der Waals surface area contributed by atoms with E-state index in [9.17, 15) is 8.42 Å². The van der Waals surface area contributed by atoms with Crippen molar-refractivity contribution in [1.29, 1.82) is 0 Å². The Kier molecular flexibility index (Phi) is 3.92. The summed E-state index contributed by atoms with van der Waals surface area (Å²) in [7, 11) is -2.90. The molecule has 0 bridgehead atoms. The molecular formula is C13H19NO3S. The number of nitrogens with two attached hydrogens (primary N) is 1. The van der Waals surface area contributed by atoms with Crippen LogP contribution in [0.1, 0.15) is 30.0 Å². The first kappa shape index (κ1) is 13.4. The third kappa shape index (κ3) is 3.23. The molecule has 0 spiro atoms. The van der Waals surface area contributed by atoms with Crippen LogP contribution in [0.3, 0.4) is 0 Å². The van der Waals surface area contributed by atoms with E-state index in [2.05, 4.69) is 0 Å². The molecule has 0 saturated heterocycles. The maximum atomic E-state index is 11.0. The van der Waals surface area contributed by atoms with Crippen LogP contribution in [0.2, 0.25) is 0 Å². The number of hydrogen-bond donors (Lipinski definition) is 1. The molecule has 1 aliphatic rings. The van der Waals surface area contributed by atoms with Gasteiger partial charge in [0.25, 0.3) is 0 Å². The Morgan fingerprint density at radius 1 is 1.44 bits per heavy atom. The zero-order valence-electron chi connectivity index (χ0n) is 10.6. The minimum absolute atomic E-state index is 0.111. The molecule has 0 fully saturated rings. The quantitative estimate of drug-likeness (QED) is 0.821. The number of rotatable bonds is 5. The molecule has 1 atom stereocenters. The normalized spacial score (nSPS) is 18.7. The van der Waals surface area contributed by atoms with Crippen molar-refractivity contribution in [3.8, 4) is 5.75 Å². The summed E-state index contributed by atoms with van der Waals surface area (Å²) in [5.41, 5.74) is 8.34. The molecule has 1 aliphatic carbocycles. The van der Waals surface area contributed by atoms with Gasteiger partial charge >= 0.3 is 0 Å². The SMILES string of the molecule is CS(=O)(=O)CCCOc1cccc2c1CCC2N. The summed E-state index contributed by atoms with van der Waals surface area (Å²) in [5, 5.41) is 0. The van der Waals surface area contributed by atoms with Crippen LogP contribution in [0.15, 0.2) is 18.2 Å². The minimum Gasteiger partial charge on any atom is -0.493 e. The lowest BCUT2D eigenvalue weighted by atomic mass is 10.1. The number of benzene rings is 1. The molecule has 0 aliphatic heterocycles. The second kappa shape index (κ2) is 5.28. The van der Waals surface area contributed by atoms with Crippen LogP contribution in [-0.2, 0) is 16.3 Å². The van der Waals surface area contributed by atoms with Crippen molar-refractivity contribution in [2.45, 2.75) is 25.3 Å². The van der Waals surface area contributed by atoms with Crippen LogP contribution in [0, 0.1) is 0 Å². The van der Waals surface area contributed by atoms with Gasteiger partial charge in [0, 0.05) is 12.3 Å². The minimum atomic E-state index is -2.90. The van der Waals surface area contributed by atoms with Crippen molar-refractivity contribution < 1.29 is 13.2 Å². The van der Waals surface area contributed by atoms with Crippen LogP contribution < -0.4 is 10.5 Å². The Morgan fingerprint density at radius 3 is 2.94 bits per heavy atom. The van der Waals surface area contributed by atoms with E-state index < -0.39 is 9.84 Å². The first-order valence-corrected chi connectivity index (χ1v) is 8.21. The summed E-state index contributed by atoms with van der Waals surface area (Å²) in [5.74, 6) is 1.02. The maximum absolute atomic E-state index is 11.0. The van der Waals surface area contributed by atoms with Gasteiger partial charge in [-0.25, -0.2) is 8.42 Å². The number of sulfone groups is 1. The van der Waals surface area contributed by atoms with Gasteiger partial charge in [0.1, 0.15) is 15.6 Å². The van der Waals surface area contributed by atoms with Crippen LogP contribution in [0.25, 0.3) is 0 Å². The molecule has 4 nitrogen and oxygen atoms in total. The third-order valence-corrected chi connectivity index (χ3v) is 4.22. The highest BCUT2D eigenvalue weighted by Gasteiger charge is 2.21. The van der Waals surface area contributed by atoms with Crippen molar-refractivity contribution >= 4 is 9.84 Å². The lowest BCUT2D eigenvalue weighted by molar-refractivity contribution is 0.315. The van der Waals surface area contributed by atoms with Gasteiger partial charge in [-0.05, 0) is 36.5 Å². The van der Waals surface area contributed by atoms with Gasteiger partial charge in [0.2, 0.25) is 0 Å². The van der Waals surface area contributed by atoms with E-state index in [0.29, 0.717) is 13.0 Å². The summed E-state index contributed by atoms with van der Waals surface area (Å²) >= 11 is 0. The molecule has 18 heavy (non-hydrogen) atoms. The molecule has 0 radical (unpaired) electrons. The van der Waals surface area contributed by atoms with E-state index in [0.717, 1.165) is 24.2 Å². The fourth-order valence-electron chi connectivity index (χ4n) is 2.29. The standard InChI is InChI=1S/C13H19NO3S/c1-18(15,16)9-3-8-17-13-5-2-4-10-11(13)6-7-12(10)14/h2,4-5,12H,3,6-9,14H2,1H3. The summed E-state index contributed by atoms with van der Waals surface area (Å²) in [6, 6.07) is 6.02. The van der Waals surface area contributed by atoms with E-state index >= 15 is 0 Å². The van der Waals surface area contributed by atoms with E-state index in [-0.39, 0.29) is 11.8 Å². The van der Waals surface area contributed by atoms with Crippen molar-refractivity contribution in [2.75, 3.05) is 18.6 Å². The van der Waals surface area contributed by atoms with Gasteiger partial charge in [-0.2, -0.15) is 0 Å². The Bertz CT molecular complexity index is 525. The van der Waals surface area contributed by atoms with Crippen molar-refractivity contribution in [3.05, 3.63) is 29.3 Å². The van der Waals surface area contributed by atoms with Crippen LogP contribution in [0.4, 0.5) is 0 Å². The molecule has 0 heterocycles. The molecular weight excluding hydrogens is 250 g/mol. The van der Waals surface area contributed by atoms with Crippen molar-refractivity contribution in [1.82, 2.24) is 0 Å². The maximum Gasteiger partial charge on any atom is 0.147 e. The molecule has 0 aromatic heterocycles. The summed E-state index contributed by atoms with van der Waals surface area (Å²) in [6.07, 6.45) is 3.67. The van der Waals surface area contributed by atoms with Crippen LogP contribution >= 0.6 is 0 Å². The fraction of sp³-hybridized carbons (Fsp3) is 0.538. The lowest BCUT2D eigenvalue weighted by Crippen LogP contribution is -2.09. The first-order valence-electron chi connectivity index (χ1n) is 6.15. The summed E-state index contributed by atoms with van der Waals surface area (Å²) in [4.78, 5) is 0. The summed E-state index contributed by atoms with van der Waals surface area (Å²) < 4.78 is 27.7. The highest BCUT2D eigenvalue weighted by Crippen LogP contribution is 2.35. The molecule has 1 aromatic carbocycles. The number of fused-ring (bicyclic) bond motifs is 1. The van der Waals surface area contributed by atoms with Gasteiger partial charge in [-0.3, -0.25) is 0 Å². The summed E-state index contributed by atoms with van der Waals surface area (Å²) in [6.45, 7) is 0.429. The third-order valence-electron chi connectivity index (χ3n) is 3.19. The largest absolute Gasteiger partial charge is 0.493 e. The van der Waals surface area contributed by atoms with Crippen LogP contribution in [-0.4, -0.2) is 27.0 Å². The average molecular weight is 269 g/mol. The molecule has 0 saturated carbocycles. The van der Waals surface area contributed by atoms with Crippen LogP contribution in [0.5, 0.6) is 5.75 Å². The van der Waals surface area contributed by atoms with Crippen molar-refractivity contribution in [2.24, 2.45) is 5.73 Å². The zero-order valence-corrected chi connectivity index (χ0v) is 11.4. The van der Waals surface area contributed by atoms with E-state index in [1.807, 2.05) is 18.2 Å². The monoisotopic (exact) mass is 269 g/mol. The number of ether oxygens (including phenoxy) is 1. The fourth-order valence-corrected chi connectivity index (χ4v) is 2.93. The molecule has 0 amide bonds. The topological polar surface area (TPSA) is 69.4 Å². The van der Waals surface area contributed by atoms with E-state index in [1.54, 1.807) is 0 Å². The smallest absolute Gasteiger partial charge is 0.147 e. The molecule has 1 aromatic rings. The highest BCUT2D eigenvalue weighted by atomic mass is 32.2. The van der Waals surface area contributed by atoms with Crippen molar-refractivity contribution in [3.63, 3.8) is 0 Å².